The van der Waals surface area contributed by atoms with Gasteiger partial charge in [-0.15, -0.1) is 10.2 Å². The fourth-order valence-corrected chi connectivity index (χ4v) is 4.35. The Morgan fingerprint density at radius 1 is 1.10 bits per heavy atom. The fraction of sp³-hybridized carbons (Fsp3) is 0.545. The lowest BCUT2D eigenvalue weighted by Gasteiger charge is -2.37. The molecule has 0 amide bonds. The van der Waals surface area contributed by atoms with E-state index in [-0.39, 0.29) is 0 Å². The number of oxazole rings is 1. The average Bonchev–Trinajstić information content (AvgIpc) is 3.28. The molecule has 8 heteroatoms. The molecule has 0 aromatic carbocycles. The molecule has 0 spiro atoms. The second-order valence-electron chi connectivity index (χ2n) is 8.33. The predicted octanol–water partition coefficient (Wildman–Crippen LogP) is 3.20. The van der Waals surface area contributed by atoms with Crippen molar-refractivity contribution >= 4 is 5.82 Å². The van der Waals surface area contributed by atoms with Crippen molar-refractivity contribution < 1.29 is 4.42 Å². The van der Waals surface area contributed by atoms with Crippen molar-refractivity contribution in [2.45, 2.75) is 53.1 Å². The molecule has 3 aromatic rings. The zero-order valence-corrected chi connectivity index (χ0v) is 18.8. The minimum Gasteiger partial charge on any atom is -0.446 e. The molecule has 1 aliphatic heterocycles. The largest absolute Gasteiger partial charge is 0.446 e. The van der Waals surface area contributed by atoms with E-state index in [1.165, 1.54) is 11.1 Å². The second-order valence-corrected chi connectivity index (χ2v) is 8.33. The Morgan fingerprint density at radius 3 is 2.43 bits per heavy atom. The van der Waals surface area contributed by atoms with Gasteiger partial charge in [0.1, 0.15) is 11.5 Å². The average molecular weight is 410 g/mol. The number of piperidine rings is 1. The third-order valence-electron chi connectivity index (χ3n) is 6.35. The summed E-state index contributed by atoms with van der Waals surface area (Å²) in [6.07, 6.45) is 3.98. The first-order chi connectivity index (χ1) is 14.3. The van der Waals surface area contributed by atoms with Crippen LogP contribution in [0.15, 0.2) is 16.7 Å². The highest BCUT2D eigenvalue weighted by molar-refractivity contribution is 5.64. The van der Waals surface area contributed by atoms with Crippen molar-refractivity contribution in [3.05, 3.63) is 40.7 Å². The van der Waals surface area contributed by atoms with Crippen molar-refractivity contribution in [1.82, 2.24) is 29.9 Å². The quantitative estimate of drug-likeness (QED) is 0.640. The van der Waals surface area contributed by atoms with Crippen molar-refractivity contribution in [1.29, 1.82) is 0 Å². The molecule has 8 nitrogen and oxygen atoms in total. The molecule has 0 bridgehead atoms. The molecule has 0 unspecified atom stereocenters. The maximum absolute atomic E-state index is 5.58. The zero-order chi connectivity index (χ0) is 21.4. The van der Waals surface area contributed by atoms with Gasteiger partial charge in [0.25, 0.3) is 0 Å². The number of hydrogen-bond donors (Lipinski definition) is 0. The molecule has 1 aliphatic rings. The number of anilines is 1. The van der Waals surface area contributed by atoms with Crippen LogP contribution in [0.25, 0.3) is 11.4 Å². The van der Waals surface area contributed by atoms with Gasteiger partial charge in [-0.05, 0) is 57.9 Å². The molecule has 0 saturated carbocycles. The normalized spacial score (nSPS) is 15.4. The first-order valence-electron chi connectivity index (χ1n) is 10.6. The Morgan fingerprint density at radius 2 is 1.83 bits per heavy atom. The highest BCUT2D eigenvalue weighted by Crippen LogP contribution is 2.29. The van der Waals surface area contributed by atoms with Crippen LogP contribution >= 0.6 is 0 Å². The van der Waals surface area contributed by atoms with Crippen LogP contribution in [-0.2, 0) is 13.6 Å². The number of aryl methyl sites for hydroxylation is 3. The summed E-state index contributed by atoms with van der Waals surface area (Å²) in [5.41, 5.74) is 5.31. The molecule has 0 aliphatic carbocycles. The van der Waals surface area contributed by atoms with Gasteiger partial charge in [-0.25, -0.2) is 4.98 Å². The molecule has 0 radical (unpaired) electrons. The SMILES string of the molecule is Cc1nc(CN(C)C2CCN(c3nnc(-c4ccnn4C)c(C)c3C)CC2)c(C)o1. The van der Waals surface area contributed by atoms with Gasteiger partial charge < -0.3 is 9.32 Å². The van der Waals surface area contributed by atoms with E-state index in [9.17, 15) is 0 Å². The molecule has 3 aromatic heterocycles. The van der Waals surface area contributed by atoms with Crippen molar-refractivity contribution in [3.8, 4) is 11.4 Å². The highest BCUT2D eigenvalue weighted by Gasteiger charge is 2.26. The third-order valence-corrected chi connectivity index (χ3v) is 6.35. The van der Waals surface area contributed by atoms with Crippen LogP contribution in [0.1, 0.15) is 41.3 Å². The molecule has 1 saturated heterocycles. The molecule has 1 fully saturated rings. The van der Waals surface area contributed by atoms with Gasteiger partial charge in [-0.3, -0.25) is 9.58 Å². The Balaban J connectivity index is 1.43. The van der Waals surface area contributed by atoms with Crippen molar-refractivity contribution in [2.24, 2.45) is 7.05 Å². The van der Waals surface area contributed by atoms with Crippen LogP contribution < -0.4 is 4.90 Å². The number of rotatable bonds is 5. The zero-order valence-electron chi connectivity index (χ0n) is 18.8. The summed E-state index contributed by atoms with van der Waals surface area (Å²) in [5, 5.41) is 13.4. The molecule has 4 rings (SSSR count). The van der Waals surface area contributed by atoms with E-state index < -0.39 is 0 Å². The Hall–Kier alpha value is -2.74. The molecule has 4 heterocycles. The smallest absolute Gasteiger partial charge is 0.191 e. The summed E-state index contributed by atoms with van der Waals surface area (Å²) < 4.78 is 7.42. The van der Waals surface area contributed by atoms with Gasteiger partial charge in [0.15, 0.2) is 11.7 Å². The van der Waals surface area contributed by atoms with Gasteiger partial charge >= 0.3 is 0 Å². The number of hydrogen-bond acceptors (Lipinski definition) is 7. The summed E-state index contributed by atoms with van der Waals surface area (Å²) in [6.45, 7) is 10.9. The minimum atomic E-state index is 0.528. The Bertz CT molecular complexity index is 1030. The van der Waals surface area contributed by atoms with E-state index in [2.05, 4.69) is 51.0 Å². The lowest BCUT2D eigenvalue weighted by atomic mass is 10.0. The van der Waals surface area contributed by atoms with Crippen LogP contribution in [0.3, 0.4) is 0 Å². The van der Waals surface area contributed by atoms with Crippen LogP contribution in [-0.4, -0.2) is 56.0 Å². The molecular formula is C22H31N7O. The monoisotopic (exact) mass is 409 g/mol. The van der Waals surface area contributed by atoms with Gasteiger partial charge in [0.2, 0.25) is 0 Å². The fourth-order valence-electron chi connectivity index (χ4n) is 4.35. The molecular weight excluding hydrogens is 378 g/mol. The molecule has 30 heavy (non-hydrogen) atoms. The first kappa shape index (κ1) is 20.5. The maximum atomic E-state index is 5.58. The van der Waals surface area contributed by atoms with E-state index in [0.717, 1.165) is 67.0 Å². The summed E-state index contributed by atoms with van der Waals surface area (Å²) in [6, 6.07) is 2.51. The first-order valence-corrected chi connectivity index (χ1v) is 10.6. The maximum Gasteiger partial charge on any atom is 0.191 e. The minimum absolute atomic E-state index is 0.528. The standard InChI is InChI=1S/C22H31N7O/c1-14-15(2)22(26-25-21(14)20-7-10-23-28(20)6)29-11-8-18(9-12-29)27(5)13-19-16(3)30-17(4)24-19/h7,10,18H,8-9,11-13H2,1-6H3. The number of aromatic nitrogens is 5. The van der Waals surface area contributed by atoms with E-state index in [4.69, 9.17) is 4.42 Å². The Labute approximate surface area is 177 Å². The molecule has 0 atom stereocenters. The lowest BCUT2D eigenvalue weighted by Crippen LogP contribution is -2.43. The number of nitrogens with zero attached hydrogens (tertiary/aromatic N) is 7. The van der Waals surface area contributed by atoms with Gasteiger partial charge in [0, 0.05) is 45.8 Å². The summed E-state index contributed by atoms with van der Waals surface area (Å²) >= 11 is 0. The summed E-state index contributed by atoms with van der Waals surface area (Å²) in [4.78, 5) is 9.29. The second kappa shape index (κ2) is 8.18. The third kappa shape index (κ3) is 3.84. The molecule has 0 N–H and O–H groups in total. The van der Waals surface area contributed by atoms with Crippen molar-refractivity contribution in [2.75, 3.05) is 25.0 Å². The summed E-state index contributed by atoms with van der Waals surface area (Å²) in [5.74, 6) is 2.67. The predicted molar refractivity (Wildman–Crippen MR) is 116 cm³/mol. The molecule has 160 valence electrons. The Kier molecular flexibility index (Phi) is 5.60. The van der Waals surface area contributed by atoms with Crippen LogP contribution in [0.2, 0.25) is 0 Å². The van der Waals surface area contributed by atoms with Crippen LogP contribution in [0, 0.1) is 27.7 Å². The highest BCUT2D eigenvalue weighted by atomic mass is 16.4. The van der Waals surface area contributed by atoms with E-state index in [1.54, 1.807) is 6.20 Å². The van der Waals surface area contributed by atoms with E-state index in [0.29, 0.717) is 6.04 Å². The van der Waals surface area contributed by atoms with Gasteiger partial charge in [0.05, 0.1) is 11.4 Å². The summed E-state index contributed by atoms with van der Waals surface area (Å²) in [7, 11) is 4.12. The topological polar surface area (TPSA) is 76.1 Å². The van der Waals surface area contributed by atoms with Gasteiger partial charge in [-0.1, -0.05) is 0 Å². The van der Waals surface area contributed by atoms with Gasteiger partial charge in [-0.2, -0.15) is 5.10 Å². The van der Waals surface area contributed by atoms with Crippen LogP contribution in [0.5, 0.6) is 0 Å². The van der Waals surface area contributed by atoms with E-state index >= 15 is 0 Å². The van der Waals surface area contributed by atoms with E-state index in [1.807, 2.05) is 31.6 Å². The van der Waals surface area contributed by atoms with Crippen LogP contribution in [0.4, 0.5) is 5.82 Å². The lowest BCUT2D eigenvalue weighted by molar-refractivity contribution is 0.197. The van der Waals surface area contributed by atoms with Crippen molar-refractivity contribution in [3.63, 3.8) is 0 Å².